The zero-order valence-electron chi connectivity index (χ0n) is 15.2. The predicted octanol–water partition coefficient (Wildman–Crippen LogP) is 2.26. The van der Waals surface area contributed by atoms with Crippen molar-refractivity contribution in [2.24, 2.45) is 5.73 Å². The average Bonchev–Trinajstić information content (AvgIpc) is 3.12. The van der Waals surface area contributed by atoms with E-state index >= 15 is 0 Å². The number of hydrogen-bond donors (Lipinski definition) is 4. The van der Waals surface area contributed by atoms with E-state index in [9.17, 15) is 5.11 Å². The fourth-order valence-electron chi connectivity index (χ4n) is 4.39. The van der Waals surface area contributed by atoms with Crippen molar-refractivity contribution in [3.05, 3.63) is 46.6 Å². The van der Waals surface area contributed by atoms with E-state index in [0.717, 1.165) is 36.3 Å². The highest BCUT2D eigenvalue weighted by atomic mass is 16.5. The van der Waals surface area contributed by atoms with Crippen molar-refractivity contribution in [1.82, 2.24) is 9.88 Å². The number of likely N-dealkylation sites (N-methyl/N-ethyl adjacent to an activating group) is 1. The van der Waals surface area contributed by atoms with Gasteiger partial charge in [-0.15, -0.1) is 0 Å². The van der Waals surface area contributed by atoms with Crippen molar-refractivity contribution in [2.45, 2.75) is 24.9 Å². The van der Waals surface area contributed by atoms with Crippen LogP contribution >= 0.6 is 0 Å². The smallest absolute Gasteiger partial charge is 0.124 e. The maximum atomic E-state index is 10.0. The van der Waals surface area contributed by atoms with Crippen LogP contribution < -0.4 is 11.5 Å². The molecular formula is C20H26N4O2. The molecule has 0 saturated carbocycles. The van der Waals surface area contributed by atoms with Crippen LogP contribution in [0.15, 0.2) is 24.3 Å². The Balaban J connectivity index is 1.61. The number of nitrogens with two attached hydrogens (primary N) is 2. The Labute approximate surface area is 153 Å². The number of benzene rings is 1. The Bertz CT molecular complexity index is 865. The van der Waals surface area contributed by atoms with Gasteiger partial charge in [-0.3, -0.25) is 0 Å². The minimum Gasteiger partial charge on any atom is -0.507 e. The summed E-state index contributed by atoms with van der Waals surface area (Å²) in [5, 5.41) is 10.0. The molecule has 1 atom stereocenters. The summed E-state index contributed by atoms with van der Waals surface area (Å²) in [6, 6.07) is 7.04. The number of H-pyrrole nitrogens is 1. The normalized spacial score (nSPS) is 22.7. The molecule has 0 amide bonds. The van der Waals surface area contributed by atoms with Gasteiger partial charge in [0, 0.05) is 41.5 Å². The maximum Gasteiger partial charge on any atom is 0.124 e. The second-order valence-electron chi connectivity index (χ2n) is 7.68. The average molecular weight is 354 g/mol. The molecule has 1 aromatic heterocycles. The molecule has 2 saturated heterocycles. The fraction of sp³-hybridized carbons (Fsp3) is 0.400. The van der Waals surface area contributed by atoms with Gasteiger partial charge < -0.3 is 31.2 Å². The summed E-state index contributed by atoms with van der Waals surface area (Å²) in [4.78, 5) is 5.62. The lowest BCUT2D eigenvalue weighted by Gasteiger charge is -2.45. The molecule has 1 aromatic carbocycles. The largest absolute Gasteiger partial charge is 0.507 e. The summed E-state index contributed by atoms with van der Waals surface area (Å²) in [6.07, 6.45) is 2.85. The first-order valence-electron chi connectivity index (χ1n) is 8.94. The number of ether oxygens (including phenoxy) is 1. The van der Waals surface area contributed by atoms with Crippen molar-refractivity contribution in [3.8, 4) is 5.75 Å². The molecule has 1 unspecified atom stereocenters. The lowest BCUT2D eigenvalue weighted by molar-refractivity contribution is -0.100. The monoisotopic (exact) mass is 354 g/mol. The maximum absolute atomic E-state index is 10.0. The van der Waals surface area contributed by atoms with Gasteiger partial charge in [-0.2, -0.15) is 0 Å². The van der Waals surface area contributed by atoms with Gasteiger partial charge in [0.1, 0.15) is 11.6 Å². The molecule has 2 aliphatic heterocycles. The van der Waals surface area contributed by atoms with Crippen LogP contribution in [0.2, 0.25) is 0 Å². The second-order valence-corrected chi connectivity index (χ2v) is 7.68. The third-order valence-corrected chi connectivity index (χ3v) is 5.62. The minimum atomic E-state index is 0.0105. The zero-order valence-corrected chi connectivity index (χ0v) is 15.2. The third-order valence-electron chi connectivity index (χ3n) is 5.62. The Morgan fingerprint density at radius 3 is 2.81 bits per heavy atom. The highest BCUT2D eigenvalue weighted by molar-refractivity contribution is 5.85. The van der Waals surface area contributed by atoms with E-state index in [0.29, 0.717) is 29.6 Å². The number of anilines is 1. The number of para-hydroxylation sites is 1. The summed E-state index contributed by atoms with van der Waals surface area (Å²) in [6.45, 7) is 4.76. The summed E-state index contributed by atoms with van der Waals surface area (Å²) in [7, 11) is 2.12. The molecule has 2 aliphatic rings. The number of hydrogen-bond acceptors (Lipinski definition) is 5. The van der Waals surface area contributed by atoms with Crippen LogP contribution in [0.4, 0.5) is 5.82 Å². The van der Waals surface area contributed by atoms with Crippen LogP contribution in [-0.4, -0.2) is 47.3 Å². The highest BCUT2D eigenvalue weighted by Crippen LogP contribution is 2.43. The van der Waals surface area contributed by atoms with Crippen LogP contribution in [-0.2, 0) is 4.74 Å². The molecular weight excluding hydrogens is 328 g/mol. The van der Waals surface area contributed by atoms with Crippen LogP contribution in [0.5, 0.6) is 5.75 Å². The molecule has 2 aromatic rings. The Hall–Kier alpha value is -2.44. The molecule has 1 spiro atoms. The molecule has 0 radical (unpaired) electrons. The quantitative estimate of drug-likeness (QED) is 0.677. The van der Waals surface area contributed by atoms with E-state index < -0.39 is 0 Å². The van der Waals surface area contributed by atoms with Gasteiger partial charge in [-0.05, 0) is 44.2 Å². The van der Waals surface area contributed by atoms with Gasteiger partial charge in [-0.1, -0.05) is 12.1 Å². The molecule has 6 nitrogen and oxygen atoms in total. The van der Waals surface area contributed by atoms with Crippen molar-refractivity contribution < 1.29 is 9.84 Å². The van der Waals surface area contributed by atoms with E-state index in [1.165, 1.54) is 0 Å². The van der Waals surface area contributed by atoms with Gasteiger partial charge >= 0.3 is 0 Å². The molecule has 6 heteroatoms. The van der Waals surface area contributed by atoms with Gasteiger partial charge in [0.2, 0.25) is 0 Å². The van der Waals surface area contributed by atoms with E-state index in [2.05, 4.69) is 23.9 Å². The fourth-order valence-corrected chi connectivity index (χ4v) is 4.39. The van der Waals surface area contributed by atoms with Gasteiger partial charge in [0.15, 0.2) is 0 Å². The first-order chi connectivity index (χ1) is 12.4. The Kier molecular flexibility index (Phi) is 3.97. The molecule has 0 aliphatic carbocycles. The van der Waals surface area contributed by atoms with E-state index in [1.807, 2.05) is 12.1 Å². The zero-order chi connectivity index (χ0) is 18.5. The van der Waals surface area contributed by atoms with Gasteiger partial charge in [0.25, 0.3) is 0 Å². The van der Waals surface area contributed by atoms with Crippen molar-refractivity contribution in [1.29, 1.82) is 0 Å². The lowest BCUT2D eigenvalue weighted by atomic mass is 9.85. The number of aromatic amines is 1. The standard InChI is InChI=1S/C20H26N4O2/c1-12-15(7-16(21)14-5-3-4-6-17(14)25)19(22)23-18(12)13-8-20(26-9-13)10-24(2)11-20/h3-7,13,23,25H,8-11,21-22H2,1-2H3/b16-7-. The Morgan fingerprint density at radius 2 is 2.12 bits per heavy atom. The van der Waals surface area contributed by atoms with E-state index in [4.69, 9.17) is 16.2 Å². The molecule has 26 heavy (non-hydrogen) atoms. The molecule has 0 bridgehead atoms. The number of phenols is 1. The van der Waals surface area contributed by atoms with Gasteiger partial charge in [-0.25, -0.2) is 0 Å². The molecule has 138 valence electrons. The number of rotatable bonds is 3. The number of nitrogen functional groups attached to an aromatic ring is 1. The summed E-state index contributed by atoms with van der Waals surface area (Å²) < 4.78 is 6.11. The summed E-state index contributed by atoms with van der Waals surface area (Å²) in [5.74, 6) is 1.08. The summed E-state index contributed by atoms with van der Waals surface area (Å²) in [5.41, 5.74) is 16.7. The van der Waals surface area contributed by atoms with Gasteiger partial charge in [0.05, 0.1) is 12.2 Å². The second kappa shape index (κ2) is 6.07. The SMILES string of the molecule is Cc1c(C2COC3(C2)CN(C)C3)[nH]c(N)c1/C=C(\N)c1ccccc1O. The number of nitrogens with zero attached hydrogens (tertiary/aromatic N) is 1. The number of phenolic OH excluding ortho intramolecular Hbond substituents is 1. The topological polar surface area (TPSA) is 101 Å². The Morgan fingerprint density at radius 1 is 1.38 bits per heavy atom. The third kappa shape index (κ3) is 2.75. The molecule has 4 rings (SSSR count). The van der Waals surface area contributed by atoms with Crippen LogP contribution in [0.3, 0.4) is 0 Å². The minimum absolute atomic E-state index is 0.0105. The van der Waals surface area contributed by atoms with Crippen LogP contribution in [0.25, 0.3) is 11.8 Å². The first-order valence-corrected chi connectivity index (χ1v) is 8.94. The van der Waals surface area contributed by atoms with Crippen LogP contribution in [0.1, 0.15) is 34.7 Å². The highest BCUT2D eigenvalue weighted by Gasteiger charge is 2.49. The number of nitrogens with one attached hydrogen (secondary N) is 1. The first kappa shape index (κ1) is 17.0. The van der Waals surface area contributed by atoms with Crippen molar-refractivity contribution in [3.63, 3.8) is 0 Å². The van der Waals surface area contributed by atoms with Crippen molar-refractivity contribution in [2.75, 3.05) is 32.5 Å². The number of aromatic nitrogens is 1. The van der Waals surface area contributed by atoms with E-state index in [-0.39, 0.29) is 11.4 Å². The van der Waals surface area contributed by atoms with E-state index in [1.54, 1.807) is 18.2 Å². The molecule has 3 heterocycles. The molecule has 6 N–H and O–H groups in total. The lowest BCUT2D eigenvalue weighted by Crippen LogP contribution is -2.59. The van der Waals surface area contributed by atoms with Crippen molar-refractivity contribution >= 4 is 17.6 Å². The number of aromatic hydroxyl groups is 1. The predicted molar refractivity (Wildman–Crippen MR) is 104 cm³/mol. The number of likely N-dealkylation sites (tertiary alicyclic amines) is 1. The summed E-state index contributed by atoms with van der Waals surface area (Å²) >= 11 is 0. The molecule has 2 fully saturated rings. The van der Waals surface area contributed by atoms with Crippen LogP contribution in [0, 0.1) is 6.92 Å².